The second-order valence-corrected chi connectivity index (χ2v) is 7.08. The second kappa shape index (κ2) is 6.97. The molecule has 0 unspecified atom stereocenters. The first kappa shape index (κ1) is 18.0. The summed E-state index contributed by atoms with van der Waals surface area (Å²) in [5.41, 5.74) is 2.36. The van der Waals surface area contributed by atoms with Gasteiger partial charge in [-0.05, 0) is 18.6 Å². The highest BCUT2D eigenvalue weighted by Gasteiger charge is 2.13. The number of aryl methyl sites for hydroxylation is 2. The molecule has 3 heterocycles. The van der Waals surface area contributed by atoms with Gasteiger partial charge in [-0.15, -0.1) is 11.3 Å². The number of amides is 1. The summed E-state index contributed by atoms with van der Waals surface area (Å²) in [5.74, 6) is -0.615. The lowest BCUT2D eigenvalue weighted by atomic mass is 10.1. The molecule has 142 valence electrons. The standard InChI is InChI=1S/C18H15FN6O2S/c1-10-3-4-11(5-12(10)19)13-8-28-18(22-13)23-14(26)7-25-9-21-16-17(25)20-6-15(27)24(16)2/h3-6,8-9H,7H2,1-2H3,(H,22,23,26). The van der Waals surface area contributed by atoms with Crippen LogP contribution in [0, 0.1) is 12.7 Å². The maximum absolute atomic E-state index is 13.7. The number of anilines is 1. The minimum Gasteiger partial charge on any atom is -0.304 e. The molecule has 0 aliphatic heterocycles. The average Bonchev–Trinajstić information content (AvgIpc) is 3.28. The van der Waals surface area contributed by atoms with Gasteiger partial charge in [0.1, 0.15) is 12.4 Å². The number of carbonyl (C=O) groups is 1. The van der Waals surface area contributed by atoms with Crippen LogP contribution in [0.1, 0.15) is 5.56 Å². The fraction of sp³-hybridized carbons (Fsp3) is 0.167. The van der Waals surface area contributed by atoms with Gasteiger partial charge < -0.3 is 9.88 Å². The normalized spacial score (nSPS) is 11.1. The second-order valence-electron chi connectivity index (χ2n) is 6.23. The van der Waals surface area contributed by atoms with Crippen molar-refractivity contribution in [3.8, 4) is 11.3 Å². The van der Waals surface area contributed by atoms with Crippen molar-refractivity contribution in [1.82, 2.24) is 24.1 Å². The Morgan fingerprint density at radius 2 is 2.11 bits per heavy atom. The van der Waals surface area contributed by atoms with Gasteiger partial charge in [0, 0.05) is 18.0 Å². The van der Waals surface area contributed by atoms with E-state index < -0.39 is 0 Å². The highest BCUT2D eigenvalue weighted by molar-refractivity contribution is 7.14. The van der Waals surface area contributed by atoms with Crippen LogP contribution in [0.3, 0.4) is 0 Å². The highest BCUT2D eigenvalue weighted by atomic mass is 32.1. The van der Waals surface area contributed by atoms with Crippen molar-refractivity contribution in [2.75, 3.05) is 5.32 Å². The van der Waals surface area contributed by atoms with Crippen LogP contribution in [0.25, 0.3) is 22.6 Å². The Hall–Kier alpha value is -3.40. The molecule has 28 heavy (non-hydrogen) atoms. The number of nitrogens with zero attached hydrogens (tertiary/aromatic N) is 5. The minimum absolute atomic E-state index is 0.0320. The number of hydrogen-bond acceptors (Lipinski definition) is 6. The van der Waals surface area contributed by atoms with Crippen molar-refractivity contribution in [3.63, 3.8) is 0 Å². The van der Waals surface area contributed by atoms with E-state index in [2.05, 4.69) is 20.3 Å². The first-order chi connectivity index (χ1) is 13.4. The summed E-state index contributed by atoms with van der Waals surface area (Å²) in [6.45, 7) is 1.66. The molecule has 1 amide bonds. The molecule has 0 bridgehead atoms. The molecule has 0 fully saturated rings. The van der Waals surface area contributed by atoms with E-state index in [1.165, 1.54) is 34.5 Å². The zero-order valence-corrected chi connectivity index (χ0v) is 15.8. The van der Waals surface area contributed by atoms with Crippen molar-refractivity contribution in [2.45, 2.75) is 13.5 Å². The predicted octanol–water partition coefficient (Wildman–Crippen LogP) is 2.34. The Bertz CT molecular complexity index is 1260. The number of nitrogens with one attached hydrogen (secondary N) is 1. The quantitative estimate of drug-likeness (QED) is 0.569. The summed E-state index contributed by atoms with van der Waals surface area (Å²) in [4.78, 5) is 36.5. The van der Waals surface area contributed by atoms with Crippen molar-refractivity contribution in [1.29, 1.82) is 0 Å². The van der Waals surface area contributed by atoms with Gasteiger partial charge in [-0.1, -0.05) is 12.1 Å². The molecule has 0 aliphatic carbocycles. The van der Waals surface area contributed by atoms with Crippen LogP contribution in [0.15, 0.2) is 40.9 Å². The summed E-state index contributed by atoms with van der Waals surface area (Å²) < 4.78 is 16.7. The number of imidazole rings is 1. The van der Waals surface area contributed by atoms with Crippen LogP contribution in [-0.4, -0.2) is 30.0 Å². The van der Waals surface area contributed by atoms with E-state index in [-0.39, 0.29) is 23.8 Å². The van der Waals surface area contributed by atoms with Crippen molar-refractivity contribution >= 4 is 33.7 Å². The maximum atomic E-state index is 13.7. The Balaban J connectivity index is 1.50. The van der Waals surface area contributed by atoms with Crippen LogP contribution in [0.5, 0.6) is 0 Å². The number of carbonyl (C=O) groups excluding carboxylic acids is 1. The molecule has 8 nitrogen and oxygen atoms in total. The van der Waals surface area contributed by atoms with Crippen molar-refractivity contribution in [2.24, 2.45) is 7.05 Å². The topological polar surface area (TPSA) is 94.7 Å². The van der Waals surface area contributed by atoms with Gasteiger partial charge in [-0.3, -0.25) is 14.2 Å². The summed E-state index contributed by atoms with van der Waals surface area (Å²) in [6, 6.07) is 4.89. The molecule has 3 aromatic heterocycles. The van der Waals surface area contributed by atoms with Crippen molar-refractivity contribution in [3.05, 3.63) is 57.8 Å². The molecule has 1 aromatic carbocycles. The molecule has 0 aliphatic rings. The van der Waals surface area contributed by atoms with Gasteiger partial charge >= 0.3 is 0 Å². The lowest BCUT2D eigenvalue weighted by Gasteiger charge is -2.04. The third kappa shape index (κ3) is 3.29. The summed E-state index contributed by atoms with van der Waals surface area (Å²) >= 11 is 1.25. The smallest absolute Gasteiger partial charge is 0.270 e. The van der Waals surface area contributed by atoms with Gasteiger partial charge in [0.2, 0.25) is 5.91 Å². The summed E-state index contributed by atoms with van der Waals surface area (Å²) in [7, 11) is 1.59. The number of hydrogen-bond donors (Lipinski definition) is 1. The Labute approximate surface area is 162 Å². The van der Waals surface area contributed by atoms with Gasteiger partial charge in [-0.25, -0.2) is 19.3 Å². The van der Waals surface area contributed by atoms with Gasteiger partial charge in [0.15, 0.2) is 16.4 Å². The number of thiazole rings is 1. The minimum atomic E-state index is -0.314. The SMILES string of the molecule is Cc1ccc(-c2csc(NC(=O)Cn3cnc4c3ncc(=O)n4C)n2)cc1F. The molecular weight excluding hydrogens is 383 g/mol. The molecule has 4 aromatic rings. The van der Waals surface area contributed by atoms with E-state index in [9.17, 15) is 14.0 Å². The number of rotatable bonds is 4. The highest BCUT2D eigenvalue weighted by Crippen LogP contribution is 2.26. The molecule has 0 radical (unpaired) electrons. The fourth-order valence-corrected chi connectivity index (χ4v) is 3.42. The zero-order valence-electron chi connectivity index (χ0n) is 15.0. The first-order valence-corrected chi connectivity index (χ1v) is 9.19. The average molecular weight is 398 g/mol. The van der Waals surface area contributed by atoms with Crippen LogP contribution < -0.4 is 10.9 Å². The molecule has 1 N–H and O–H groups in total. The Kier molecular flexibility index (Phi) is 4.47. The Morgan fingerprint density at radius 1 is 1.29 bits per heavy atom. The number of halogens is 1. The molecule has 4 rings (SSSR count). The Morgan fingerprint density at radius 3 is 2.89 bits per heavy atom. The van der Waals surface area contributed by atoms with E-state index in [0.717, 1.165) is 0 Å². The van der Waals surface area contributed by atoms with Crippen LogP contribution in [0.2, 0.25) is 0 Å². The molecule has 0 saturated carbocycles. The van der Waals surface area contributed by atoms with Crippen LogP contribution in [0.4, 0.5) is 9.52 Å². The van der Waals surface area contributed by atoms with E-state index in [1.807, 2.05) is 0 Å². The van der Waals surface area contributed by atoms with Crippen molar-refractivity contribution < 1.29 is 9.18 Å². The number of aromatic nitrogens is 5. The zero-order chi connectivity index (χ0) is 19.8. The summed E-state index contributed by atoms with van der Waals surface area (Å²) in [5, 5.41) is 4.88. The van der Waals surface area contributed by atoms with E-state index in [0.29, 0.717) is 33.2 Å². The van der Waals surface area contributed by atoms with Crippen LogP contribution in [-0.2, 0) is 18.4 Å². The lowest BCUT2D eigenvalue weighted by Crippen LogP contribution is -2.20. The largest absolute Gasteiger partial charge is 0.304 e. The lowest BCUT2D eigenvalue weighted by molar-refractivity contribution is -0.116. The molecule has 0 saturated heterocycles. The van der Waals surface area contributed by atoms with E-state index in [1.54, 1.807) is 36.1 Å². The van der Waals surface area contributed by atoms with E-state index in [4.69, 9.17) is 0 Å². The molecule has 10 heteroatoms. The molecule has 0 spiro atoms. The third-order valence-corrected chi connectivity index (χ3v) is 5.03. The predicted molar refractivity (Wildman–Crippen MR) is 104 cm³/mol. The van der Waals surface area contributed by atoms with Gasteiger partial charge in [0.05, 0.1) is 18.2 Å². The molecule has 0 atom stereocenters. The van der Waals surface area contributed by atoms with Gasteiger partial charge in [0.25, 0.3) is 5.56 Å². The monoisotopic (exact) mass is 398 g/mol. The maximum Gasteiger partial charge on any atom is 0.270 e. The summed E-state index contributed by atoms with van der Waals surface area (Å²) in [6.07, 6.45) is 2.64. The van der Waals surface area contributed by atoms with E-state index >= 15 is 0 Å². The third-order valence-electron chi connectivity index (χ3n) is 4.27. The molecular formula is C18H15FN6O2S. The van der Waals surface area contributed by atoms with Crippen LogP contribution >= 0.6 is 11.3 Å². The fourth-order valence-electron chi connectivity index (χ4n) is 2.69. The number of fused-ring (bicyclic) bond motifs is 1. The van der Waals surface area contributed by atoms with Gasteiger partial charge in [-0.2, -0.15) is 0 Å². The number of benzene rings is 1. The first-order valence-electron chi connectivity index (χ1n) is 8.31.